The highest BCUT2D eigenvalue weighted by atomic mass is 19.3. The van der Waals surface area contributed by atoms with Crippen LogP contribution < -0.4 is 0 Å². The predicted octanol–water partition coefficient (Wildman–Crippen LogP) is 2.69. The number of halogens is 4. The van der Waals surface area contributed by atoms with Gasteiger partial charge in [-0.3, -0.25) is 0 Å². The van der Waals surface area contributed by atoms with E-state index in [0.29, 0.717) is 0 Å². The van der Waals surface area contributed by atoms with Gasteiger partial charge in [-0.05, 0) is 11.8 Å². The second kappa shape index (κ2) is 1.43. The van der Waals surface area contributed by atoms with Crippen LogP contribution in [0.1, 0.15) is 19.8 Å². The molecule has 2 atom stereocenters. The predicted molar refractivity (Wildman–Crippen MR) is 30.7 cm³/mol. The third-order valence-electron chi connectivity index (χ3n) is 2.90. The van der Waals surface area contributed by atoms with Gasteiger partial charge in [-0.2, -0.15) is 17.6 Å². The number of rotatable bonds is 0. The molecule has 0 radical (unpaired) electrons. The molecule has 0 spiro atoms. The fourth-order valence-electron chi connectivity index (χ4n) is 2.05. The minimum atomic E-state index is -3.76. The van der Waals surface area contributed by atoms with E-state index < -0.39 is 29.6 Å². The largest absolute Gasteiger partial charge is 0.313 e. The van der Waals surface area contributed by atoms with Crippen molar-refractivity contribution < 1.29 is 17.6 Å². The number of hydrogen-bond donors (Lipinski definition) is 0. The van der Waals surface area contributed by atoms with Gasteiger partial charge in [0, 0.05) is 12.3 Å². The van der Waals surface area contributed by atoms with Crippen LogP contribution in [0, 0.1) is 11.3 Å². The monoisotopic (exact) mass is 168 g/mol. The van der Waals surface area contributed by atoms with Crippen molar-refractivity contribution >= 4 is 0 Å². The molecule has 0 heterocycles. The second-order valence-electron chi connectivity index (χ2n) is 3.91. The van der Waals surface area contributed by atoms with Gasteiger partial charge < -0.3 is 0 Å². The molecule has 2 fully saturated rings. The fourth-order valence-corrected chi connectivity index (χ4v) is 2.05. The molecule has 0 aromatic heterocycles. The summed E-state index contributed by atoms with van der Waals surface area (Å²) >= 11 is 0. The molecule has 11 heavy (non-hydrogen) atoms. The van der Waals surface area contributed by atoms with E-state index in [1.54, 1.807) is 0 Å². The van der Waals surface area contributed by atoms with E-state index in [2.05, 4.69) is 0 Å². The normalized spacial score (nSPS) is 50.5. The molecule has 0 N–H and O–H groups in total. The Morgan fingerprint density at radius 1 is 1.18 bits per heavy atom. The topological polar surface area (TPSA) is 0 Å². The van der Waals surface area contributed by atoms with E-state index in [4.69, 9.17) is 0 Å². The summed E-state index contributed by atoms with van der Waals surface area (Å²) in [6, 6.07) is 0. The molecule has 0 aliphatic heterocycles. The molecule has 0 amide bonds. The van der Waals surface area contributed by atoms with Crippen molar-refractivity contribution in [3.63, 3.8) is 0 Å². The molecular weight excluding hydrogens is 160 g/mol. The van der Waals surface area contributed by atoms with Crippen molar-refractivity contribution in [1.82, 2.24) is 0 Å². The van der Waals surface area contributed by atoms with Crippen molar-refractivity contribution in [3.8, 4) is 0 Å². The third-order valence-corrected chi connectivity index (χ3v) is 2.90. The van der Waals surface area contributed by atoms with Gasteiger partial charge >= 0.3 is 11.8 Å². The number of alkyl halides is 4. The molecule has 4 heteroatoms. The Hall–Kier alpha value is -0.280. The number of hydrogen-bond acceptors (Lipinski definition) is 0. The summed E-state index contributed by atoms with van der Waals surface area (Å²) in [5, 5.41) is 0. The first-order chi connectivity index (χ1) is 4.80. The van der Waals surface area contributed by atoms with E-state index in [-0.39, 0.29) is 6.42 Å². The molecule has 0 aromatic carbocycles. The standard InChI is InChI=1S/C7H8F4/c1-5-2-4(5)7(10,11)6(8,9)3-5/h4H,2-3H2,1H3. The lowest BCUT2D eigenvalue weighted by molar-refractivity contribution is -0.202. The summed E-state index contributed by atoms with van der Waals surface area (Å²) in [6.45, 7) is 1.51. The van der Waals surface area contributed by atoms with Crippen LogP contribution in [-0.2, 0) is 0 Å². The Labute approximate surface area is 61.6 Å². The van der Waals surface area contributed by atoms with Gasteiger partial charge in [0.15, 0.2) is 0 Å². The highest BCUT2D eigenvalue weighted by Crippen LogP contribution is 2.73. The Bertz CT molecular complexity index is 210. The van der Waals surface area contributed by atoms with Crippen LogP contribution in [0.4, 0.5) is 17.6 Å². The van der Waals surface area contributed by atoms with Gasteiger partial charge in [0.25, 0.3) is 0 Å². The Balaban J connectivity index is 2.34. The van der Waals surface area contributed by atoms with Gasteiger partial charge in [-0.25, -0.2) is 0 Å². The summed E-state index contributed by atoms with van der Waals surface area (Å²) in [4.78, 5) is 0. The van der Waals surface area contributed by atoms with Crippen LogP contribution >= 0.6 is 0 Å². The fraction of sp³-hybridized carbons (Fsp3) is 1.00. The van der Waals surface area contributed by atoms with Gasteiger partial charge in [0.1, 0.15) is 0 Å². The summed E-state index contributed by atoms with van der Waals surface area (Å²) in [7, 11) is 0. The summed E-state index contributed by atoms with van der Waals surface area (Å²) in [5.41, 5.74) is -0.771. The van der Waals surface area contributed by atoms with Crippen LogP contribution in [0.15, 0.2) is 0 Å². The van der Waals surface area contributed by atoms with Gasteiger partial charge in [0.2, 0.25) is 0 Å². The SMILES string of the molecule is CC12CC1C(F)(F)C(F)(F)C2. The molecular formula is C7H8F4. The molecule has 64 valence electrons. The molecule has 2 rings (SSSR count). The average Bonchev–Trinajstić information content (AvgIpc) is 2.35. The Kier molecular flexibility index (Phi) is 0.960. The van der Waals surface area contributed by atoms with Crippen molar-refractivity contribution in [2.75, 3.05) is 0 Å². The van der Waals surface area contributed by atoms with E-state index >= 15 is 0 Å². The summed E-state index contributed by atoms with van der Waals surface area (Å²) in [6.07, 6.45) is -0.382. The van der Waals surface area contributed by atoms with Crippen LogP contribution in [0.25, 0.3) is 0 Å². The van der Waals surface area contributed by atoms with E-state index in [9.17, 15) is 17.6 Å². The maximum atomic E-state index is 12.7. The lowest BCUT2D eigenvalue weighted by Crippen LogP contribution is -2.37. The zero-order chi connectivity index (χ0) is 8.49. The molecule has 2 aliphatic carbocycles. The maximum Gasteiger partial charge on any atom is 0.313 e. The highest BCUT2D eigenvalue weighted by molar-refractivity contribution is 5.18. The average molecular weight is 168 g/mol. The van der Waals surface area contributed by atoms with Crippen molar-refractivity contribution in [2.24, 2.45) is 11.3 Å². The second-order valence-corrected chi connectivity index (χ2v) is 3.91. The third kappa shape index (κ3) is 0.656. The van der Waals surface area contributed by atoms with Crippen LogP contribution in [0.2, 0.25) is 0 Å². The van der Waals surface area contributed by atoms with Crippen LogP contribution in [0.5, 0.6) is 0 Å². The lowest BCUT2D eigenvalue weighted by atomic mass is 10.1. The first kappa shape index (κ1) is 7.37. The maximum absolute atomic E-state index is 12.7. The van der Waals surface area contributed by atoms with Crippen LogP contribution in [0.3, 0.4) is 0 Å². The minimum absolute atomic E-state index is 0.260. The highest BCUT2D eigenvalue weighted by Gasteiger charge is 2.80. The zero-order valence-electron chi connectivity index (χ0n) is 6.00. The molecule has 0 bridgehead atoms. The van der Waals surface area contributed by atoms with E-state index in [1.807, 2.05) is 0 Å². The van der Waals surface area contributed by atoms with Crippen molar-refractivity contribution in [3.05, 3.63) is 0 Å². The van der Waals surface area contributed by atoms with Crippen molar-refractivity contribution in [1.29, 1.82) is 0 Å². The Morgan fingerprint density at radius 2 is 1.73 bits per heavy atom. The van der Waals surface area contributed by atoms with Gasteiger partial charge in [-0.1, -0.05) is 6.92 Å². The molecule has 2 unspecified atom stereocenters. The summed E-state index contributed by atoms with van der Waals surface area (Å²) in [5.74, 6) is -8.57. The molecule has 0 aromatic rings. The first-order valence-electron chi connectivity index (χ1n) is 3.55. The number of fused-ring (bicyclic) bond motifs is 1. The quantitative estimate of drug-likeness (QED) is 0.488. The lowest BCUT2D eigenvalue weighted by Gasteiger charge is -2.21. The van der Waals surface area contributed by atoms with E-state index in [1.165, 1.54) is 6.92 Å². The zero-order valence-corrected chi connectivity index (χ0v) is 6.00. The molecule has 2 aliphatic rings. The molecule has 0 saturated heterocycles. The van der Waals surface area contributed by atoms with E-state index in [0.717, 1.165) is 0 Å². The first-order valence-corrected chi connectivity index (χ1v) is 3.55. The van der Waals surface area contributed by atoms with Gasteiger partial charge in [0.05, 0.1) is 0 Å². The smallest absolute Gasteiger partial charge is 0.200 e. The molecule has 0 nitrogen and oxygen atoms in total. The van der Waals surface area contributed by atoms with Crippen molar-refractivity contribution in [2.45, 2.75) is 31.6 Å². The van der Waals surface area contributed by atoms with Gasteiger partial charge in [-0.15, -0.1) is 0 Å². The molecule has 2 saturated carbocycles. The van der Waals surface area contributed by atoms with Crippen LogP contribution in [-0.4, -0.2) is 11.8 Å². The Morgan fingerprint density at radius 3 is 1.91 bits per heavy atom. The summed E-state index contributed by atoms with van der Waals surface area (Å²) < 4.78 is 50.3. The minimum Gasteiger partial charge on any atom is -0.200 e.